The highest BCUT2D eigenvalue weighted by atomic mass is 19.1. The van der Waals surface area contributed by atoms with Gasteiger partial charge >= 0.3 is 0 Å². The maximum absolute atomic E-state index is 15.2. The van der Waals surface area contributed by atoms with Crippen molar-refractivity contribution in [3.05, 3.63) is 119 Å². The molecular formula is C30H23FN6O3. The van der Waals surface area contributed by atoms with Gasteiger partial charge in [-0.1, -0.05) is 18.2 Å². The third kappa shape index (κ3) is 4.51. The number of carbonyl (C=O) groups is 1. The standard InChI is InChI=1S/C30H23FN6O3/c1-18-8-10-23(30(39)37(18)22-6-4-3-5-7-22)29(38)35-21-9-11-27(25(31)13-21)40-28-12-19-17-34-36(2)26(19)14-24(28)20-15-32-33-16-20/h3-17H,1-2H3,(H,32,33)(H,35,38). The smallest absolute Gasteiger partial charge is 0.268 e. The van der Waals surface area contributed by atoms with Crippen LogP contribution in [0.15, 0.2) is 96.2 Å². The maximum atomic E-state index is 15.2. The summed E-state index contributed by atoms with van der Waals surface area (Å²) in [7, 11) is 1.84. The summed E-state index contributed by atoms with van der Waals surface area (Å²) in [6.45, 7) is 1.79. The highest BCUT2D eigenvalue weighted by Crippen LogP contribution is 2.37. The Kier molecular flexibility index (Phi) is 6.19. The summed E-state index contributed by atoms with van der Waals surface area (Å²) < 4.78 is 24.4. The van der Waals surface area contributed by atoms with Crippen molar-refractivity contribution in [2.45, 2.75) is 6.92 Å². The number of nitrogens with zero attached hydrogens (tertiary/aromatic N) is 4. The van der Waals surface area contributed by atoms with Crippen LogP contribution >= 0.6 is 0 Å². The molecule has 0 aliphatic carbocycles. The molecule has 6 aromatic rings. The second-order valence-electron chi connectivity index (χ2n) is 9.23. The summed E-state index contributed by atoms with van der Waals surface area (Å²) in [5.74, 6) is -0.952. The first-order chi connectivity index (χ1) is 19.4. The van der Waals surface area contributed by atoms with Crippen LogP contribution in [0.5, 0.6) is 11.5 Å². The first-order valence-corrected chi connectivity index (χ1v) is 12.4. The maximum Gasteiger partial charge on any atom is 0.268 e. The molecule has 0 atom stereocenters. The van der Waals surface area contributed by atoms with E-state index in [1.165, 1.54) is 22.8 Å². The number of nitrogens with one attached hydrogen (secondary N) is 2. The first-order valence-electron chi connectivity index (χ1n) is 12.4. The highest BCUT2D eigenvalue weighted by Gasteiger charge is 2.18. The fourth-order valence-electron chi connectivity index (χ4n) is 4.57. The number of benzene rings is 3. The van der Waals surface area contributed by atoms with Crippen molar-refractivity contribution >= 4 is 22.5 Å². The van der Waals surface area contributed by atoms with E-state index in [1.54, 1.807) is 54.5 Å². The van der Waals surface area contributed by atoms with E-state index in [0.29, 0.717) is 22.7 Å². The number of hydrogen-bond donors (Lipinski definition) is 2. The molecule has 3 aromatic carbocycles. The van der Waals surface area contributed by atoms with Crippen molar-refractivity contribution in [2.75, 3.05) is 5.32 Å². The molecule has 0 bridgehead atoms. The monoisotopic (exact) mass is 534 g/mol. The fourth-order valence-corrected chi connectivity index (χ4v) is 4.57. The molecule has 0 saturated heterocycles. The summed E-state index contributed by atoms with van der Waals surface area (Å²) in [6, 6.07) is 20.0. The van der Waals surface area contributed by atoms with Gasteiger partial charge in [0.2, 0.25) is 0 Å². The van der Waals surface area contributed by atoms with Crippen LogP contribution in [0.25, 0.3) is 27.7 Å². The van der Waals surface area contributed by atoms with Crippen LogP contribution in [0.1, 0.15) is 16.1 Å². The Labute approximate surface area is 227 Å². The number of H-pyrrole nitrogens is 1. The number of rotatable bonds is 6. The first kappa shape index (κ1) is 24.8. The van der Waals surface area contributed by atoms with Crippen molar-refractivity contribution < 1.29 is 13.9 Å². The largest absolute Gasteiger partial charge is 0.454 e. The molecule has 1 amide bonds. The number of ether oxygens (including phenoxy) is 1. The van der Waals surface area contributed by atoms with Crippen molar-refractivity contribution in [1.82, 2.24) is 24.5 Å². The second-order valence-corrected chi connectivity index (χ2v) is 9.23. The van der Waals surface area contributed by atoms with Gasteiger partial charge in [0, 0.05) is 52.9 Å². The van der Waals surface area contributed by atoms with Crippen LogP contribution in [0, 0.1) is 12.7 Å². The summed E-state index contributed by atoms with van der Waals surface area (Å²) in [5, 5.41) is 14.5. The molecular weight excluding hydrogens is 511 g/mol. The van der Waals surface area contributed by atoms with Gasteiger partial charge in [-0.3, -0.25) is 23.9 Å². The Balaban J connectivity index is 1.28. The lowest BCUT2D eigenvalue weighted by Gasteiger charge is -2.14. The van der Waals surface area contributed by atoms with Crippen molar-refractivity contribution in [3.63, 3.8) is 0 Å². The van der Waals surface area contributed by atoms with E-state index in [0.717, 1.165) is 22.5 Å². The molecule has 10 heteroatoms. The molecule has 0 fully saturated rings. The van der Waals surface area contributed by atoms with Gasteiger partial charge in [0.1, 0.15) is 11.3 Å². The van der Waals surface area contributed by atoms with Crippen LogP contribution < -0.4 is 15.6 Å². The van der Waals surface area contributed by atoms with E-state index in [2.05, 4.69) is 20.6 Å². The lowest BCUT2D eigenvalue weighted by atomic mass is 10.1. The molecule has 6 rings (SSSR count). The van der Waals surface area contributed by atoms with Gasteiger partial charge in [0.25, 0.3) is 11.5 Å². The van der Waals surface area contributed by atoms with E-state index in [4.69, 9.17) is 4.74 Å². The molecule has 40 heavy (non-hydrogen) atoms. The van der Waals surface area contributed by atoms with Gasteiger partial charge in [-0.15, -0.1) is 0 Å². The molecule has 0 aliphatic heterocycles. The number of halogens is 1. The van der Waals surface area contributed by atoms with Gasteiger partial charge in [0.15, 0.2) is 11.6 Å². The normalized spacial score (nSPS) is 11.1. The quantitative estimate of drug-likeness (QED) is 0.289. The fraction of sp³-hybridized carbons (Fsp3) is 0.0667. The van der Waals surface area contributed by atoms with Crippen LogP contribution in [-0.2, 0) is 7.05 Å². The molecule has 198 valence electrons. The van der Waals surface area contributed by atoms with E-state index in [1.807, 2.05) is 31.3 Å². The van der Waals surface area contributed by atoms with Crippen LogP contribution in [0.2, 0.25) is 0 Å². The number of aromatic nitrogens is 5. The topological polar surface area (TPSA) is 107 Å². The minimum atomic E-state index is -0.687. The molecule has 0 aliphatic rings. The Morgan fingerprint density at radius 3 is 2.58 bits per heavy atom. The molecule has 3 heterocycles. The number of aromatic amines is 1. The lowest BCUT2D eigenvalue weighted by Crippen LogP contribution is -2.29. The van der Waals surface area contributed by atoms with Crippen molar-refractivity contribution in [2.24, 2.45) is 7.05 Å². The van der Waals surface area contributed by atoms with Crippen molar-refractivity contribution in [3.8, 4) is 28.3 Å². The number of para-hydroxylation sites is 1. The Bertz CT molecular complexity index is 1930. The number of carbonyl (C=O) groups excluding carboxylic acids is 1. The predicted octanol–water partition coefficient (Wildman–Crippen LogP) is 5.61. The molecule has 2 N–H and O–H groups in total. The van der Waals surface area contributed by atoms with Crippen molar-refractivity contribution in [1.29, 1.82) is 0 Å². The summed E-state index contributed by atoms with van der Waals surface area (Å²) in [6.07, 6.45) is 5.07. The number of fused-ring (bicyclic) bond motifs is 1. The van der Waals surface area contributed by atoms with Crippen LogP contribution in [0.3, 0.4) is 0 Å². The van der Waals surface area contributed by atoms with Crippen LogP contribution in [0.4, 0.5) is 10.1 Å². The SMILES string of the molecule is Cc1ccc(C(=O)Nc2ccc(Oc3cc4cnn(C)c4cc3-c3cn[nH]c3)c(F)c2)c(=O)n1-c1ccccc1. The lowest BCUT2D eigenvalue weighted by molar-refractivity contribution is 0.102. The minimum Gasteiger partial charge on any atom is -0.454 e. The number of anilines is 1. The van der Waals surface area contributed by atoms with Gasteiger partial charge in [-0.2, -0.15) is 10.2 Å². The van der Waals surface area contributed by atoms with E-state index >= 15 is 4.39 Å². The van der Waals surface area contributed by atoms with Gasteiger partial charge < -0.3 is 10.1 Å². The number of pyridine rings is 1. The zero-order chi connectivity index (χ0) is 27.8. The number of aryl methyl sites for hydroxylation is 2. The van der Waals surface area contributed by atoms with Gasteiger partial charge in [-0.05, 0) is 55.5 Å². The Morgan fingerprint density at radius 2 is 1.82 bits per heavy atom. The number of amides is 1. The predicted molar refractivity (Wildman–Crippen MR) is 149 cm³/mol. The molecule has 9 nitrogen and oxygen atoms in total. The molecule has 0 saturated carbocycles. The third-order valence-corrected chi connectivity index (χ3v) is 6.60. The summed E-state index contributed by atoms with van der Waals surface area (Å²) >= 11 is 0. The summed E-state index contributed by atoms with van der Waals surface area (Å²) in [5.41, 5.74) is 3.32. The number of hydrogen-bond acceptors (Lipinski definition) is 5. The van der Waals surface area contributed by atoms with Gasteiger partial charge in [0.05, 0.1) is 17.9 Å². The molecule has 3 aromatic heterocycles. The van der Waals surface area contributed by atoms with Crippen LogP contribution in [-0.4, -0.2) is 30.5 Å². The molecule has 0 radical (unpaired) electrons. The molecule has 0 unspecified atom stereocenters. The van der Waals surface area contributed by atoms with E-state index < -0.39 is 17.3 Å². The third-order valence-electron chi connectivity index (χ3n) is 6.60. The van der Waals surface area contributed by atoms with E-state index in [9.17, 15) is 9.59 Å². The zero-order valence-corrected chi connectivity index (χ0v) is 21.6. The highest BCUT2D eigenvalue weighted by molar-refractivity contribution is 6.04. The average molecular weight is 535 g/mol. The second kappa shape index (κ2) is 9.99. The summed E-state index contributed by atoms with van der Waals surface area (Å²) in [4.78, 5) is 26.2. The van der Waals surface area contributed by atoms with E-state index in [-0.39, 0.29) is 17.0 Å². The van der Waals surface area contributed by atoms with Gasteiger partial charge in [-0.25, -0.2) is 4.39 Å². The average Bonchev–Trinajstić information content (AvgIpc) is 3.60. The Morgan fingerprint density at radius 1 is 1.00 bits per heavy atom. The molecule has 0 spiro atoms. The Hall–Kier alpha value is -5.51. The minimum absolute atomic E-state index is 0.0345. The zero-order valence-electron chi connectivity index (χ0n) is 21.6.